The molecule has 26 heavy (non-hydrogen) atoms. The summed E-state index contributed by atoms with van der Waals surface area (Å²) in [7, 11) is 0. The number of benzene rings is 1. The monoisotopic (exact) mass is 425 g/mol. The zero-order chi connectivity index (χ0) is 19.5. The Balaban J connectivity index is 1.97. The highest BCUT2D eigenvalue weighted by Gasteiger charge is 2.42. The Kier molecular flexibility index (Phi) is 6.44. The van der Waals surface area contributed by atoms with Crippen LogP contribution in [0.3, 0.4) is 0 Å². The van der Waals surface area contributed by atoms with Gasteiger partial charge in [-0.25, -0.2) is 9.59 Å². The molecule has 7 heteroatoms. The first kappa shape index (κ1) is 20.4. The number of likely N-dealkylation sites (tertiary alicyclic amines) is 1. The first-order valence-electron chi connectivity index (χ1n) is 8.55. The van der Waals surface area contributed by atoms with E-state index in [1.807, 2.05) is 6.92 Å². The van der Waals surface area contributed by atoms with Crippen molar-refractivity contribution in [2.24, 2.45) is 0 Å². The van der Waals surface area contributed by atoms with Crippen LogP contribution in [0.1, 0.15) is 50.9 Å². The lowest BCUT2D eigenvalue weighted by Gasteiger charge is -2.30. The smallest absolute Gasteiger partial charge is 0.411 e. The van der Waals surface area contributed by atoms with Gasteiger partial charge in [-0.1, -0.05) is 28.1 Å². The predicted octanol–water partition coefficient (Wildman–Crippen LogP) is 3.96. The van der Waals surface area contributed by atoms with E-state index in [1.165, 1.54) is 4.90 Å². The van der Waals surface area contributed by atoms with E-state index in [0.717, 1.165) is 4.47 Å². The minimum Gasteiger partial charge on any atom is -0.456 e. The van der Waals surface area contributed by atoms with Crippen molar-refractivity contribution < 1.29 is 23.9 Å². The standard InChI is InChI=1S/C19H24BrNO5/c1-12-5-10-15(21(12)18(24)26-19(2,3)4)17(23)25-11-16(22)13-6-8-14(20)9-7-13/h6-9,12,15H,5,10-11H2,1-4H3. The summed E-state index contributed by atoms with van der Waals surface area (Å²) in [5.74, 6) is -0.869. The van der Waals surface area contributed by atoms with Crippen molar-refractivity contribution in [2.45, 2.75) is 58.2 Å². The SMILES string of the molecule is CC1CCC(C(=O)OCC(=O)c2ccc(Br)cc2)N1C(=O)OC(C)(C)C. The van der Waals surface area contributed by atoms with E-state index >= 15 is 0 Å². The summed E-state index contributed by atoms with van der Waals surface area (Å²) in [6.45, 7) is 6.83. The van der Waals surface area contributed by atoms with Crippen LogP contribution in [0.5, 0.6) is 0 Å². The summed E-state index contributed by atoms with van der Waals surface area (Å²) in [6, 6.07) is 5.97. The van der Waals surface area contributed by atoms with Gasteiger partial charge in [0.1, 0.15) is 11.6 Å². The van der Waals surface area contributed by atoms with Crippen molar-refractivity contribution >= 4 is 33.8 Å². The molecule has 1 saturated heterocycles. The van der Waals surface area contributed by atoms with Crippen molar-refractivity contribution in [2.75, 3.05) is 6.61 Å². The second-order valence-corrected chi connectivity index (χ2v) is 8.28. The van der Waals surface area contributed by atoms with Crippen LogP contribution in [-0.2, 0) is 14.3 Å². The lowest BCUT2D eigenvalue weighted by atomic mass is 10.1. The molecule has 0 bridgehead atoms. The lowest BCUT2D eigenvalue weighted by Crippen LogP contribution is -2.47. The molecule has 1 aromatic carbocycles. The topological polar surface area (TPSA) is 72.9 Å². The van der Waals surface area contributed by atoms with Crippen molar-refractivity contribution in [1.29, 1.82) is 0 Å². The third-order valence-corrected chi connectivity index (χ3v) is 4.59. The van der Waals surface area contributed by atoms with E-state index in [-0.39, 0.29) is 18.4 Å². The third-order valence-electron chi connectivity index (χ3n) is 4.06. The molecule has 0 aromatic heterocycles. The molecule has 1 fully saturated rings. The van der Waals surface area contributed by atoms with Crippen LogP contribution in [0.15, 0.2) is 28.7 Å². The number of halogens is 1. The maximum absolute atomic E-state index is 12.4. The molecule has 1 aromatic rings. The molecular weight excluding hydrogens is 402 g/mol. The van der Waals surface area contributed by atoms with Gasteiger partial charge in [-0.05, 0) is 52.7 Å². The number of ketones is 1. The molecule has 0 spiro atoms. The Morgan fingerprint density at radius 3 is 2.35 bits per heavy atom. The maximum Gasteiger partial charge on any atom is 0.411 e. The van der Waals surface area contributed by atoms with Crippen LogP contribution in [0.25, 0.3) is 0 Å². The fraction of sp³-hybridized carbons (Fsp3) is 0.526. The summed E-state index contributed by atoms with van der Waals surface area (Å²) in [5, 5.41) is 0. The molecule has 0 aliphatic carbocycles. The first-order chi connectivity index (χ1) is 12.1. The van der Waals surface area contributed by atoms with Gasteiger partial charge in [0.2, 0.25) is 0 Å². The molecule has 142 valence electrons. The summed E-state index contributed by atoms with van der Waals surface area (Å²) < 4.78 is 11.4. The van der Waals surface area contributed by atoms with Gasteiger partial charge in [-0.15, -0.1) is 0 Å². The number of amides is 1. The Bertz CT molecular complexity index is 680. The Hall–Kier alpha value is -1.89. The van der Waals surface area contributed by atoms with Gasteiger partial charge in [0.15, 0.2) is 12.4 Å². The molecule has 1 heterocycles. The van der Waals surface area contributed by atoms with Gasteiger partial charge >= 0.3 is 12.1 Å². The zero-order valence-corrected chi connectivity index (χ0v) is 17.0. The minimum absolute atomic E-state index is 0.121. The van der Waals surface area contributed by atoms with Crippen LogP contribution in [-0.4, -0.2) is 47.0 Å². The summed E-state index contributed by atoms with van der Waals surface area (Å²) in [6.07, 6.45) is 0.634. The summed E-state index contributed by atoms with van der Waals surface area (Å²) in [4.78, 5) is 38.4. The number of hydrogen-bond donors (Lipinski definition) is 0. The van der Waals surface area contributed by atoms with E-state index in [0.29, 0.717) is 18.4 Å². The second kappa shape index (κ2) is 8.20. The molecule has 0 N–H and O–H groups in total. The summed E-state index contributed by atoms with van der Waals surface area (Å²) >= 11 is 3.30. The Morgan fingerprint density at radius 1 is 1.15 bits per heavy atom. The normalized spacial score (nSPS) is 20.0. The highest BCUT2D eigenvalue weighted by Crippen LogP contribution is 2.27. The number of hydrogen-bond acceptors (Lipinski definition) is 5. The zero-order valence-electron chi connectivity index (χ0n) is 15.5. The molecule has 0 radical (unpaired) electrons. The van der Waals surface area contributed by atoms with Crippen LogP contribution in [0, 0.1) is 0 Å². The number of esters is 1. The fourth-order valence-electron chi connectivity index (χ4n) is 2.79. The van der Waals surface area contributed by atoms with Crippen molar-refractivity contribution in [3.63, 3.8) is 0 Å². The number of carbonyl (C=O) groups excluding carboxylic acids is 3. The number of ether oxygens (including phenoxy) is 2. The number of rotatable bonds is 4. The van der Waals surface area contributed by atoms with Gasteiger partial charge in [0.25, 0.3) is 0 Å². The number of nitrogens with zero attached hydrogens (tertiary/aromatic N) is 1. The van der Waals surface area contributed by atoms with Gasteiger partial charge in [0.05, 0.1) is 0 Å². The molecule has 1 aliphatic rings. The van der Waals surface area contributed by atoms with E-state index in [1.54, 1.807) is 45.0 Å². The molecule has 2 unspecified atom stereocenters. The second-order valence-electron chi connectivity index (χ2n) is 7.37. The van der Waals surface area contributed by atoms with E-state index in [9.17, 15) is 14.4 Å². The third kappa shape index (κ3) is 5.30. The Labute approximate surface area is 162 Å². The predicted molar refractivity (Wildman–Crippen MR) is 100.0 cm³/mol. The molecule has 0 saturated carbocycles. The molecule has 2 atom stereocenters. The largest absolute Gasteiger partial charge is 0.456 e. The molecule has 1 aliphatic heterocycles. The van der Waals surface area contributed by atoms with Crippen molar-refractivity contribution in [1.82, 2.24) is 4.90 Å². The molecule has 2 rings (SSSR count). The van der Waals surface area contributed by atoms with E-state index < -0.39 is 23.7 Å². The first-order valence-corrected chi connectivity index (χ1v) is 9.34. The molecular formula is C19H24BrNO5. The Morgan fingerprint density at radius 2 is 1.77 bits per heavy atom. The highest BCUT2D eigenvalue weighted by molar-refractivity contribution is 9.10. The van der Waals surface area contributed by atoms with Crippen LogP contribution >= 0.6 is 15.9 Å². The number of Topliss-reactive ketones (excluding diaryl/α,β-unsaturated/α-hetero) is 1. The minimum atomic E-state index is -0.724. The maximum atomic E-state index is 12.4. The van der Waals surface area contributed by atoms with E-state index in [4.69, 9.17) is 9.47 Å². The van der Waals surface area contributed by atoms with Crippen LogP contribution in [0.4, 0.5) is 4.79 Å². The van der Waals surface area contributed by atoms with Crippen LogP contribution < -0.4 is 0 Å². The van der Waals surface area contributed by atoms with E-state index in [2.05, 4.69) is 15.9 Å². The van der Waals surface area contributed by atoms with Gasteiger partial charge < -0.3 is 9.47 Å². The average molecular weight is 426 g/mol. The fourth-order valence-corrected chi connectivity index (χ4v) is 3.05. The number of carbonyl (C=O) groups is 3. The molecule has 6 nitrogen and oxygen atoms in total. The highest BCUT2D eigenvalue weighted by atomic mass is 79.9. The lowest BCUT2D eigenvalue weighted by molar-refractivity contribution is -0.148. The average Bonchev–Trinajstić information content (AvgIpc) is 2.93. The van der Waals surface area contributed by atoms with Gasteiger partial charge in [0, 0.05) is 16.1 Å². The van der Waals surface area contributed by atoms with Gasteiger partial charge in [-0.2, -0.15) is 0 Å². The summed E-state index contributed by atoms with van der Waals surface area (Å²) in [5.41, 5.74) is -0.185. The molecule has 1 amide bonds. The van der Waals surface area contributed by atoms with Crippen LogP contribution in [0.2, 0.25) is 0 Å². The van der Waals surface area contributed by atoms with Gasteiger partial charge in [-0.3, -0.25) is 9.69 Å². The quantitative estimate of drug-likeness (QED) is 0.538. The van der Waals surface area contributed by atoms with Crippen molar-refractivity contribution in [3.8, 4) is 0 Å². The van der Waals surface area contributed by atoms with Crippen molar-refractivity contribution in [3.05, 3.63) is 34.3 Å².